The SMILES string of the molecule is O=C(C[n+]1ccc(C(=O)NCCOC(=O)c2ccccc2)cc1)c1ccccc1.[Br-]. The van der Waals surface area contributed by atoms with E-state index in [0.29, 0.717) is 16.7 Å². The molecule has 0 unspecified atom stereocenters. The van der Waals surface area contributed by atoms with E-state index in [-0.39, 0.29) is 48.4 Å². The van der Waals surface area contributed by atoms with Crippen LogP contribution in [0.2, 0.25) is 0 Å². The van der Waals surface area contributed by atoms with Crippen molar-refractivity contribution >= 4 is 17.7 Å². The Hall–Kier alpha value is -3.32. The maximum Gasteiger partial charge on any atom is 0.338 e. The van der Waals surface area contributed by atoms with Gasteiger partial charge in [0.05, 0.1) is 17.7 Å². The second-order valence-corrected chi connectivity index (χ2v) is 6.31. The molecule has 0 fully saturated rings. The van der Waals surface area contributed by atoms with Crippen LogP contribution in [0.5, 0.6) is 0 Å². The quantitative estimate of drug-likeness (QED) is 0.208. The van der Waals surface area contributed by atoms with E-state index in [0.717, 1.165) is 0 Å². The molecule has 1 amide bonds. The number of aromatic nitrogens is 1. The first-order valence-electron chi connectivity index (χ1n) is 9.21. The van der Waals surface area contributed by atoms with E-state index < -0.39 is 5.97 Å². The van der Waals surface area contributed by atoms with E-state index in [1.165, 1.54) is 0 Å². The molecule has 1 heterocycles. The van der Waals surface area contributed by atoms with Crippen molar-refractivity contribution in [2.45, 2.75) is 6.54 Å². The summed E-state index contributed by atoms with van der Waals surface area (Å²) in [5.41, 5.74) is 1.58. The van der Waals surface area contributed by atoms with Gasteiger partial charge in [0, 0.05) is 17.7 Å². The first-order valence-corrected chi connectivity index (χ1v) is 9.21. The number of hydrogen-bond acceptors (Lipinski definition) is 4. The number of hydrogen-bond donors (Lipinski definition) is 1. The smallest absolute Gasteiger partial charge is 0.338 e. The van der Waals surface area contributed by atoms with Crippen LogP contribution in [-0.2, 0) is 11.3 Å². The van der Waals surface area contributed by atoms with Gasteiger partial charge in [-0.25, -0.2) is 4.79 Å². The van der Waals surface area contributed by atoms with E-state index in [9.17, 15) is 14.4 Å². The van der Waals surface area contributed by atoms with Gasteiger partial charge in [-0.15, -0.1) is 0 Å². The summed E-state index contributed by atoms with van der Waals surface area (Å²) in [6.07, 6.45) is 3.37. The van der Waals surface area contributed by atoms with Crippen molar-refractivity contribution in [1.29, 1.82) is 0 Å². The number of benzene rings is 2. The fraction of sp³-hybridized carbons (Fsp3) is 0.130. The summed E-state index contributed by atoms with van der Waals surface area (Å²) in [5, 5.41) is 2.70. The number of rotatable bonds is 8. The number of amides is 1. The second-order valence-electron chi connectivity index (χ2n) is 6.31. The van der Waals surface area contributed by atoms with Gasteiger partial charge in [-0.3, -0.25) is 9.59 Å². The molecule has 154 valence electrons. The van der Waals surface area contributed by atoms with Crippen LogP contribution in [0, 0.1) is 0 Å². The predicted octanol–water partition coefficient (Wildman–Crippen LogP) is -0.552. The molecule has 0 bridgehead atoms. The number of carbonyl (C=O) groups is 3. The first-order chi connectivity index (χ1) is 14.1. The molecule has 0 radical (unpaired) electrons. The Labute approximate surface area is 185 Å². The summed E-state index contributed by atoms with van der Waals surface area (Å²) < 4.78 is 6.84. The molecule has 0 saturated heterocycles. The van der Waals surface area contributed by atoms with Crippen LogP contribution in [0.1, 0.15) is 31.1 Å². The highest BCUT2D eigenvalue weighted by atomic mass is 79.9. The lowest BCUT2D eigenvalue weighted by Gasteiger charge is -2.06. The van der Waals surface area contributed by atoms with Gasteiger partial charge in [0.15, 0.2) is 12.4 Å². The van der Waals surface area contributed by atoms with Crippen LogP contribution in [-0.4, -0.2) is 30.8 Å². The van der Waals surface area contributed by atoms with E-state index in [4.69, 9.17) is 4.74 Å². The molecule has 0 aliphatic carbocycles. The van der Waals surface area contributed by atoms with Crippen molar-refractivity contribution < 1.29 is 40.7 Å². The summed E-state index contributed by atoms with van der Waals surface area (Å²) in [5.74, 6) is -0.709. The number of halogens is 1. The molecular formula is C23H21BrN2O4. The summed E-state index contributed by atoms with van der Waals surface area (Å²) in [4.78, 5) is 36.2. The van der Waals surface area contributed by atoms with E-state index in [2.05, 4.69) is 5.32 Å². The highest BCUT2D eigenvalue weighted by Gasteiger charge is 2.13. The van der Waals surface area contributed by atoms with Gasteiger partial charge in [-0.05, 0) is 12.1 Å². The van der Waals surface area contributed by atoms with Gasteiger partial charge < -0.3 is 27.0 Å². The lowest BCUT2D eigenvalue weighted by Crippen LogP contribution is -3.00. The Morgan fingerprint density at radius 2 is 1.33 bits per heavy atom. The minimum Gasteiger partial charge on any atom is -1.00 e. The Kier molecular flexibility index (Phi) is 8.90. The molecule has 6 nitrogen and oxygen atoms in total. The molecule has 0 aliphatic heterocycles. The van der Waals surface area contributed by atoms with E-state index in [1.54, 1.807) is 65.5 Å². The lowest BCUT2D eigenvalue weighted by atomic mass is 10.1. The van der Waals surface area contributed by atoms with Gasteiger partial charge in [-0.2, -0.15) is 4.57 Å². The molecule has 0 saturated carbocycles. The highest BCUT2D eigenvalue weighted by Crippen LogP contribution is 2.02. The third-order valence-corrected chi connectivity index (χ3v) is 4.21. The molecule has 1 N–H and O–H groups in total. The lowest BCUT2D eigenvalue weighted by molar-refractivity contribution is -0.683. The summed E-state index contributed by atoms with van der Waals surface area (Å²) >= 11 is 0. The van der Waals surface area contributed by atoms with Crippen LogP contribution in [0.15, 0.2) is 85.2 Å². The fourth-order valence-corrected chi connectivity index (χ4v) is 2.66. The molecule has 30 heavy (non-hydrogen) atoms. The minimum atomic E-state index is -0.427. The molecular weight excluding hydrogens is 448 g/mol. The van der Waals surface area contributed by atoms with Crippen molar-refractivity contribution in [2.75, 3.05) is 13.2 Å². The maximum atomic E-state index is 12.2. The topological polar surface area (TPSA) is 76.3 Å². The van der Waals surface area contributed by atoms with Crippen molar-refractivity contribution in [3.63, 3.8) is 0 Å². The summed E-state index contributed by atoms with van der Waals surface area (Å²) in [6, 6.07) is 21.0. The average Bonchev–Trinajstić information content (AvgIpc) is 2.78. The van der Waals surface area contributed by atoms with Crippen molar-refractivity contribution in [3.8, 4) is 0 Å². The third kappa shape index (κ3) is 6.63. The van der Waals surface area contributed by atoms with Gasteiger partial charge >= 0.3 is 5.97 Å². The maximum absolute atomic E-state index is 12.2. The zero-order chi connectivity index (χ0) is 20.5. The number of Topliss-reactive ketones (excluding diaryl/α,β-unsaturated/α-hetero) is 1. The zero-order valence-corrected chi connectivity index (χ0v) is 17.7. The second kappa shape index (κ2) is 11.6. The number of ether oxygens (including phenoxy) is 1. The molecule has 0 aliphatic rings. The summed E-state index contributed by atoms with van der Waals surface area (Å²) in [7, 11) is 0. The van der Waals surface area contributed by atoms with Gasteiger partial charge in [0.2, 0.25) is 12.3 Å². The van der Waals surface area contributed by atoms with Crippen LogP contribution in [0.25, 0.3) is 0 Å². The number of pyridine rings is 1. The van der Waals surface area contributed by atoms with Gasteiger partial charge in [0.25, 0.3) is 5.91 Å². The fourth-order valence-electron chi connectivity index (χ4n) is 2.66. The van der Waals surface area contributed by atoms with Crippen molar-refractivity contribution in [2.24, 2.45) is 0 Å². The average molecular weight is 469 g/mol. The zero-order valence-electron chi connectivity index (χ0n) is 16.2. The highest BCUT2D eigenvalue weighted by molar-refractivity contribution is 5.95. The Morgan fingerprint density at radius 3 is 1.93 bits per heavy atom. The predicted molar refractivity (Wildman–Crippen MR) is 106 cm³/mol. The largest absolute Gasteiger partial charge is 1.00 e. The molecule has 0 spiro atoms. The number of ketones is 1. The van der Waals surface area contributed by atoms with Crippen LogP contribution < -0.4 is 26.9 Å². The molecule has 3 rings (SSSR count). The van der Waals surface area contributed by atoms with E-state index in [1.807, 2.05) is 24.3 Å². The van der Waals surface area contributed by atoms with Crippen molar-refractivity contribution in [3.05, 3.63) is 102 Å². The van der Waals surface area contributed by atoms with Crippen LogP contribution in [0.4, 0.5) is 0 Å². The number of esters is 1. The van der Waals surface area contributed by atoms with Gasteiger partial charge in [-0.1, -0.05) is 48.5 Å². The Bertz CT molecular complexity index is 977. The first kappa shape index (κ1) is 23.0. The van der Waals surface area contributed by atoms with Gasteiger partial charge in [0.1, 0.15) is 6.61 Å². The Morgan fingerprint density at radius 1 is 0.767 bits per heavy atom. The molecule has 2 aromatic carbocycles. The number of carbonyl (C=O) groups excluding carboxylic acids is 3. The molecule has 1 aromatic heterocycles. The Balaban J connectivity index is 0.00000320. The normalized spacial score (nSPS) is 9.87. The van der Waals surface area contributed by atoms with Crippen molar-refractivity contribution in [1.82, 2.24) is 5.32 Å². The number of nitrogens with one attached hydrogen (secondary N) is 1. The third-order valence-electron chi connectivity index (χ3n) is 4.21. The molecule has 0 atom stereocenters. The monoisotopic (exact) mass is 468 g/mol. The standard InChI is InChI=1S/C23H20N2O4.BrH/c26-21(18-7-3-1-4-8-18)17-25-14-11-19(12-15-25)22(27)24-13-16-29-23(28)20-9-5-2-6-10-20;/h1-12,14-15H,13,16-17H2;1H. The van der Waals surface area contributed by atoms with Crippen LogP contribution >= 0.6 is 0 Å². The molecule has 3 aromatic rings. The summed E-state index contributed by atoms with van der Waals surface area (Å²) in [6.45, 7) is 0.484. The molecule has 7 heteroatoms. The van der Waals surface area contributed by atoms with E-state index >= 15 is 0 Å². The number of nitrogens with zero attached hydrogens (tertiary/aromatic N) is 1. The minimum absolute atomic E-state index is 0. The van der Waals surface area contributed by atoms with Crippen LogP contribution in [0.3, 0.4) is 0 Å².